The highest BCUT2D eigenvalue weighted by Crippen LogP contribution is 2.27. The van der Waals surface area contributed by atoms with Gasteiger partial charge in [0.2, 0.25) is 10.0 Å². The van der Waals surface area contributed by atoms with Crippen LogP contribution in [0.3, 0.4) is 0 Å². The molecule has 1 heterocycles. The summed E-state index contributed by atoms with van der Waals surface area (Å²) in [6, 6.07) is 11.6. The number of carbonyl (C=O) groups is 1. The lowest BCUT2D eigenvalue weighted by Gasteiger charge is -2.29. The Morgan fingerprint density at radius 2 is 1.90 bits per heavy atom. The van der Waals surface area contributed by atoms with Crippen molar-refractivity contribution >= 4 is 27.5 Å². The fraction of sp³-hybridized carbons (Fsp3) is 0.381. The molecule has 0 saturated carbocycles. The minimum atomic E-state index is -3.66. The van der Waals surface area contributed by atoms with Gasteiger partial charge in [-0.05, 0) is 48.6 Å². The second-order valence-corrected chi connectivity index (χ2v) is 9.57. The molecule has 29 heavy (non-hydrogen) atoms. The molecule has 1 N–H and O–H groups in total. The monoisotopic (exact) mass is 436 g/mol. The number of benzene rings is 2. The van der Waals surface area contributed by atoms with Crippen LogP contribution in [0.15, 0.2) is 47.4 Å². The predicted octanol–water partition coefficient (Wildman–Crippen LogP) is 3.70. The molecule has 1 fully saturated rings. The van der Waals surface area contributed by atoms with E-state index in [1.807, 2.05) is 18.2 Å². The minimum Gasteiger partial charge on any atom is -0.496 e. The molecule has 8 heteroatoms. The number of sulfonamides is 1. The van der Waals surface area contributed by atoms with E-state index in [4.69, 9.17) is 16.3 Å². The van der Waals surface area contributed by atoms with Crippen LogP contribution in [0.25, 0.3) is 0 Å². The molecule has 1 saturated heterocycles. The summed E-state index contributed by atoms with van der Waals surface area (Å²) in [5, 5.41) is 3.33. The van der Waals surface area contributed by atoms with Crippen LogP contribution in [0.5, 0.6) is 5.75 Å². The molecule has 2 aromatic rings. The standard InChI is InChI=1S/C21H25ClN2O4S/c1-15-9-11-24(12-10-15)29(26,27)17-7-8-20(28-2)18(13-17)21(25)23-14-16-5-3-4-6-19(16)22/h3-8,13,15H,9-12,14H2,1-2H3,(H,23,25). The van der Waals surface area contributed by atoms with Crippen LogP contribution in [-0.4, -0.2) is 38.8 Å². The number of hydrogen-bond donors (Lipinski definition) is 1. The summed E-state index contributed by atoms with van der Waals surface area (Å²) >= 11 is 6.13. The molecule has 1 aliphatic heterocycles. The van der Waals surface area contributed by atoms with Crippen LogP contribution < -0.4 is 10.1 Å². The molecule has 0 bridgehead atoms. The number of amides is 1. The first-order valence-electron chi connectivity index (χ1n) is 9.52. The third kappa shape index (κ3) is 4.91. The molecule has 1 aliphatic rings. The molecule has 6 nitrogen and oxygen atoms in total. The normalized spacial score (nSPS) is 15.8. The van der Waals surface area contributed by atoms with Crippen LogP contribution in [0.4, 0.5) is 0 Å². The zero-order valence-corrected chi connectivity index (χ0v) is 18.1. The highest BCUT2D eigenvalue weighted by atomic mass is 35.5. The summed E-state index contributed by atoms with van der Waals surface area (Å²) in [6.45, 7) is 3.33. The molecule has 156 valence electrons. The lowest BCUT2D eigenvalue weighted by molar-refractivity contribution is 0.0947. The Hall–Kier alpha value is -2.09. The number of piperidine rings is 1. The van der Waals surface area contributed by atoms with Gasteiger partial charge in [0.05, 0.1) is 17.6 Å². The van der Waals surface area contributed by atoms with Gasteiger partial charge in [-0.3, -0.25) is 4.79 Å². The maximum atomic E-state index is 13.0. The second kappa shape index (κ2) is 9.15. The summed E-state index contributed by atoms with van der Waals surface area (Å²) < 4.78 is 32.8. The van der Waals surface area contributed by atoms with Gasteiger partial charge >= 0.3 is 0 Å². The van der Waals surface area contributed by atoms with Gasteiger partial charge in [0, 0.05) is 24.7 Å². The van der Waals surface area contributed by atoms with E-state index < -0.39 is 15.9 Å². The number of nitrogens with zero attached hydrogens (tertiary/aromatic N) is 1. The number of rotatable bonds is 6. The van der Waals surface area contributed by atoms with E-state index in [0.717, 1.165) is 18.4 Å². The number of nitrogens with one attached hydrogen (secondary N) is 1. The fourth-order valence-electron chi connectivity index (χ4n) is 3.31. The maximum absolute atomic E-state index is 13.0. The second-order valence-electron chi connectivity index (χ2n) is 7.22. The number of methoxy groups -OCH3 is 1. The van der Waals surface area contributed by atoms with Crippen LogP contribution in [0, 0.1) is 5.92 Å². The van der Waals surface area contributed by atoms with Gasteiger partial charge in [-0.2, -0.15) is 4.31 Å². The summed E-state index contributed by atoms with van der Waals surface area (Å²) in [7, 11) is -2.22. The van der Waals surface area contributed by atoms with Gasteiger partial charge in [-0.25, -0.2) is 8.42 Å². The Balaban J connectivity index is 1.83. The topological polar surface area (TPSA) is 75.7 Å². The number of hydrogen-bond acceptors (Lipinski definition) is 4. The molecule has 0 unspecified atom stereocenters. The van der Waals surface area contributed by atoms with E-state index in [1.165, 1.54) is 29.6 Å². The quantitative estimate of drug-likeness (QED) is 0.749. The van der Waals surface area contributed by atoms with Crippen molar-refractivity contribution in [1.29, 1.82) is 0 Å². The number of ether oxygens (including phenoxy) is 1. The average molecular weight is 437 g/mol. The van der Waals surface area contributed by atoms with Crippen molar-refractivity contribution in [3.8, 4) is 5.75 Å². The largest absolute Gasteiger partial charge is 0.496 e. The Labute approximate surface area is 176 Å². The summed E-state index contributed by atoms with van der Waals surface area (Å²) in [6.07, 6.45) is 1.67. The first-order chi connectivity index (χ1) is 13.8. The molecule has 0 radical (unpaired) electrons. The van der Waals surface area contributed by atoms with E-state index in [9.17, 15) is 13.2 Å². The van der Waals surface area contributed by atoms with E-state index in [2.05, 4.69) is 12.2 Å². The fourth-order valence-corrected chi connectivity index (χ4v) is 5.01. The van der Waals surface area contributed by atoms with Crippen molar-refractivity contribution in [2.75, 3.05) is 20.2 Å². The summed E-state index contributed by atoms with van der Waals surface area (Å²) in [5.41, 5.74) is 0.943. The van der Waals surface area contributed by atoms with Gasteiger partial charge in [-0.15, -0.1) is 0 Å². The van der Waals surface area contributed by atoms with E-state index in [-0.39, 0.29) is 17.0 Å². The highest BCUT2D eigenvalue weighted by Gasteiger charge is 2.29. The SMILES string of the molecule is COc1ccc(S(=O)(=O)N2CCC(C)CC2)cc1C(=O)NCc1ccccc1Cl. The van der Waals surface area contributed by atoms with Crippen LogP contribution >= 0.6 is 11.6 Å². The Morgan fingerprint density at radius 1 is 1.21 bits per heavy atom. The van der Waals surface area contributed by atoms with Crippen molar-refractivity contribution in [3.63, 3.8) is 0 Å². The molecular weight excluding hydrogens is 412 g/mol. The van der Waals surface area contributed by atoms with Gasteiger partial charge in [0.1, 0.15) is 5.75 Å². The molecule has 1 amide bonds. The molecule has 0 atom stereocenters. The first-order valence-corrected chi connectivity index (χ1v) is 11.3. The Bertz CT molecular complexity index is 986. The minimum absolute atomic E-state index is 0.0933. The summed E-state index contributed by atoms with van der Waals surface area (Å²) in [4.78, 5) is 12.9. The zero-order chi connectivity index (χ0) is 21.0. The average Bonchev–Trinajstić information content (AvgIpc) is 2.72. The Morgan fingerprint density at radius 3 is 2.55 bits per heavy atom. The zero-order valence-electron chi connectivity index (χ0n) is 16.5. The first kappa shape index (κ1) is 21.6. The maximum Gasteiger partial charge on any atom is 0.255 e. The smallest absolute Gasteiger partial charge is 0.255 e. The molecule has 0 spiro atoms. The third-order valence-corrected chi connectivity index (χ3v) is 7.46. The number of carbonyl (C=O) groups excluding carboxylic acids is 1. The van der Waals surface area contributed by atoms with Crippen molar-refractivity contribution in [2.45, 2.75) is 31.2 Å². The van der Waals surface area contributed by atoms with Crippen molar-refractivity contribution in [2.24, 2.45) is 5.92 Å². The highest BCUT2D eigenvalue weighted by molar-refractivity contribution is 7.89. The van der Waals surface area contributed by atoms with Gasteiger partial charge in [0.25, 0.3) is 5.91 Å². The molecule has 3 rings (SSSR count). The Kier molecular flexibility index (Phi) is 6.82. The molecule has 0 aromatic heterocycles. The molecule has 2 aromatic carbocycles. The van der Waals surface area contributed by atoms with Crippen LogP contribution in [0.2, 0.25) is 5.02 Å². The van der Waals surface area contributed by atoms with Crippen molar-refractivity contribution in [1.82, 2.24) is 9.62 Å². The van der Waals surface area contributed by atoms with E-state index >= 15 is 0 Å². The summed E-state index contributed by atoms with van der Waals surface area (Å²) in [5.74, 6) is 0.405. The number of halogens is 1. The third-order valence-electron chi connectivity index (χ3n) is 5.19. The van der Waals surface area contributed by atoms with Gasteiger partial charge in [0.15, 0.2) is 0 Å². The predicted molar refractivity (Wildman–Crippen MR) is 113 cm³/mol. The van der Waals surface area contributed by atoms with Crippen molar-refractivity contribution in [3.05, 3.63) is 58.6 Å². The van der Waals surface area contributed by atoms with Gasteiger partial charge in [-0.1, -0.05) is 36.7 Å². The van der Waals surface area contributed by atoms with E-state index in [0.29, 0.717) is 29.8 Å². The van der Waals surface area contributed by atoms with E-state index in [1.54, 1.807) is 6.07 Å². The van der Waals surface area contributed by atoms with Gasteiger partial charge < -0.3 is 10.1 Å². The lowest BCUT2D eigenvalue weighted by Crippen LogP contribution is -2.38. The molecule has 0 aliphatic carbocycles. The van der Waals surface area contributed by atoms with Crippen LogP contribution in [0.1, 0.15) is 35.7 Å². The van der Waals surface area contributed by atoms with Crippen LogP contribution in [-0.2, 0) is 16.6 Å². The lowest BCUT2D eigenvalue weighted by atomic mass is 10.0. The van der Waals surface area contributed by atoms with Crippen molar-refractivity contribution < 1.29 is 17.9 Å². The molecular formula is C21H25ClN2O4S.